The summed E-state index contributed by atoms with van der Waals surface area (Å²) in [6.45, 7) is 4.11. The number of anilines is 1. The highest BCUT2D eigenvalue weighted by Gasteiger charge is 2.26. The van der Waals surface area contributed by atoms with Gasteiger partial charge in [-0.25, -0.2) is 4.79 Å². The van der Waals surface area contributed by atoms with Crippen LogP contribution in [-0.2, 0) is 20.9 Å². The van der Waals surface area contributed by atoms with Crippen molar-refractivity contribution < 1.29 is 23.5 Å². The maximum Gasteiger partial charge on any atom is 0.375 e. The number of amides is 1. The van der Waals surface area contributed by atoms with Gasteiger partial charge in [-0.3, -0.25) is 4.79 Å². The summed E-state index contributed by atoms with van der Waals surface area (Å²) in [5.41, 5.74) is 1.82. The zero-order chi connectivity index (χ0) is 19.2. The minimum atomic E-state index is -0.981. The molecule has 1 heterocycles. The van der Waals surface area contributed by atoms with Crippen LogP contribution in [0.2, 0.25) is 0 Å². The van der Waals surface area contributed by atoms with Crippen molar-refractivity contribution in [1.82, 2.24) is 0 Å². The molecule has 3 rings (SSSR count). The van der Waals surface area contributed by atoms with E-state index in [0.717, 1.165) is 5.39 Å². The van der Waals surface area contributed by atoms with Gasteiger partial charge < -0.3 is 19.2 Å². The Morgan fingerprint density at radius 1 is 1.07 bits per heavy atom. The summed E-state index contributed by atoms with van der Waals surface area (Å²) >= 11 is 0. The number of benzene rings is 2. The van der Waals surface area contributed by atoms with E-state index in [4.69, 9.17) is 13.9 Å². The van der Waals surface area contributed by atoms with Gasteiger partial charge in [0.2, 0.25) is 5.76 Å². The molecule has 1 aromatic heterocycles. The van der Waals surface area contributed by atoms with Gasteiger partial charge in [0.25, 0.3) is 5.91 Å². The molecule has 0 bridgehead atoms. The van der Waals surface area contributed by atoms with Crippen molar-refractivity contribution in [2.45, 2.75) is 26.6 Å². The third-order valence-corrected chi connectivity index (χ3v) is 4.03. The van der Waals surface area contributed by atoms with Gasteiger partial charge >= 0.3 is 5.97 Å². The molecule has 0 aliphatic heterocycles. The third-order valence-electron chi connectivity index (χ3n) is 4.03. The highest BCUT2D eigenvalue weighted by Crippen LogP contribution is 2.27. The van der Waals surface area contributed by atoms with Crippen molar-refractivity contribution in [3.8, 4) is 0 Å². The van der Waals surface area contributed by atoms with Gasteiger partial charge in [-0.1, -0.05) is 36.4 Å². The Balaban J connectivity index is 1.76. The number of carbonyl (C=O) groups is 2. The van der Waals surface area contributed by atoms with E-state index >= 15 is 0 Å². The smallest absolute Gasteiger partial charge is 0.375 e. The highest BCUT2D eigenvalue weighted by molar-refractivity contribution is 5.99. The summed E-state index contributed by atoms with van der Waals surface area (Å²) in [7, 11) is 0. The second-order valence-electron chi connectivity index (χ2n) is 5.95. The van der Waals surface area contributed by atoms with Crippen molar-refractivity contribution in [2.24, 2.45) is 0 Å². The number of ether oxygens (including phenoxy) is 2. The summed E-state index contributed by atoms with van der Waals surface area (Å²) in [6, 6.07) is 16.3. The quantitative estimate of drug-likeness (QED) is 0.635. The van der Waals surface area contributed by atoms with Crippen LogP contribution in [0.15, 0.2) is 59.0 Å². The van der Waals surface area contributed by atoms with Gasteiger partial charge in [-0.15, -0.1) is 0 Å². The number of nitrogens with one attached hydrogen (secondary N) is 1. The molecule has 2 aromatic carbocycles. The molecule has 0 saturated heterocycles. The maximum atomic E-state index is 12.6. The van der Waals surface area contributed by atoms with Gasteiger partial charge in [0.05, 0.1) is 6.61 Å². The van der Waals surface area contributed by atoms with E-state index in [0.29, 0.717) is 23.4 Å². The van der Waals surface area contributed by atoms with E-state index in [1.165, 1.54) is 6.92 Å². The van der Waals surface area contributed by atoms with Gasteiger partial charge in [-0.2, -0.15) is 0 Å². The minimum Gasteiger partial charge on any atom is -0.449 e. The Bertz CT molecular complexity index is 932. The van der Waals surface area contributed by atoms with Crippen molar-refractivity contribution in [3.63, 3.8) is 0 Å². The lowest BCUT2D eigenvalue weighted by molar-refractivity contribution is -0.123. The summed E-state index contributed by atoms with van der Waals surface area (Å²) in [5.74, 6) is -1.06. The summed E-state index contributed by atoms with van der Waals surface area (Å²) < 4.78 is 16.5. The fourth-order valence-electron chi connectivity index (χ4n) is 2.64. The van der Waals surface area contributed by atoms with E-state index in [2.05, 4.69) is 5.32 Å². The number of rotatable bonds is 7. The molecular formula is C21H21NO5. The van der Waals surface area contributed by atoms with Crippen LogP contribution >= 0.6 is 0 Å². The molecule has 0 fully saturated rings. The molecule has 0 spiro atoms. The molecule has 6 nitrogen and oxygen atoms in total. The first-order valence-electron chi connectivity index (χ1n) is 8.75. The Morgan fingerprint density at radius 2 is 1.78 bits per heavy atom. The minimum absolute atomic E-state index is 0.0593. The molecule has 6 heteroatoms. The normalized spacial score (nSPS) is 11.9. The van der Waals surface area contributed by atoms with Crippen LogP contribution in [0.1, 0.15) is 30.0 Å². The van der Waals surface area contributed by atoms with E-state index < -0.39 is 18.0 Å². The standard InChI is InChI=1S/C21H21NO5/c1-3-25-13-17-16-11-7-8-12-18(16)27-19(17)21(24)26-14(2)20(23)22-15-9-5-4-6-10-15/h4-12,14H,3,13H2,1-2H3,(H,22,23). The molecule has 0 aliphatic carbocycles. The van der Waals surface area contributed by atoms with Gasteiger partial charge in [0, 0.05) is 23.2 Å². The first kappa shape index (κ1) is 18.7. The number of para-hydroxylation sites is 2. The molecule has 1 atom stereocenters. The van der Waals surface area contributed by atoms with Crippen molar-refractivity contribution in [1.29, 1.82) is 0 Å². The number of fused-ring (bicyclic) bond motifs is 1. The van der Waals surface area contributed by atoms with E-state index in [9.17, 15) is 9.59 Å². The van der Waals surface area contributed by atoms with Gasteiger partial charge in [-0.05, 0) is 32.0 Å². The van der Waals surface area contributed by atoms with Crippen LogP contribution in [0.25, 0.3) is 11.0 Å². The number of hydrogen-bond donors (Lipinski definition) is 1. The number of esters is 1. The predicted molar refractivity (Wildman–Crippen MR) is 101 cm³/mol. The zero-order valence-corrected chi connectivity index (χ0v) is 15.2. The summed E-state index contributed by atoms with van der Waals surface area (Å²) in [5, 5.41) is 3.49. The average Bonchev–Trinajstić information content (AvgIpc) is 3.05. The number of furan rings is 1. The third kappa shape index (κ3) is 4.35. The predicted octanol–water partition coefficient (Wildman–Crippen LogP) is 4.15. The Morgan fingerprint density at radius 3 is 2.52 bits per heavy atom. The number of carbonyl (C=O) groups excluding carboxylic acids is 2. The molecule has 1 amide bonds. The first-order chi connectivity index (χ1) is 13.1. The molecule has 1 N–H and O–H groups in total. The molecular weight excluding hydrogens is 346 g/mol. The molecule has 140 valence electrons. The highest BCUT2D eigenvalue weighted by atomic mass is 16.6. The zero-order valence-electron chi connectivity index (χ0n) is 15.2. The Labute approximate surface area is 157 Å². The van der Waals surface area contributed by atoms with Crippen LogP contribution < -0.4 is 5.32 Å². The van der Waals surface area contributed by atoms with Crippen molar-refractivity contribution in [3.05, 3.63) is 65.9 Å². The fraction of sp³-hybridized carbons (Fsp3) is 0.238. The summed E-state index contributed by atoms with van der Waals surface area (Å²) in [6.07, 6.45) is -0.981. The van der Waals surface area contributed by atoms with Crippen LogP contribution in [0, 0.1) is 0 Å². The van der Waals surface area contributed by atoms with E-state index in [1.807, 2.05) is 31.2 Å². The monoisotopic (exact) mass is 367 g/mol. The molecule has 1 unspecified atom stereocenters. The lowest BCUT2D eigenvalue weighted by Crippen LogP contribution is -2.30. The topological polar surface area (TPSA) is 77.8 Å². The molecule has 3 aromatic rings. The van der Waals surface area contributed by atoms with E-state index in [-0.39, 0.29) is 12.4 Å². The molecule has 0 saturated carbocycles. The second kappa shape index (κ2) is 8.51. The lowest BCUT2D eigenvalue weighted by atomic mass is 10.1. The van der Waals surface area contributed by atoms with Crippen LogP contribution in [0.4, 0.5) is 5.69 Å². The Kier molecular flexibility index (Phi) is 5.88. The van der Waals surface area contributed by atoms with Crippen LogP contribution in [-0.4, -0.2) is 24.6 Å². The SMILES string of the molecule is CCOCc1c(C(=O)OC(C)C(=O)Nc2ccccc2)oc2ccccc12. The van der Waals surface area contributed by atoms with Crippen molar-refractivity contribution >= 4 is 28.5 Å². The van der Waals surface area contributed by atoms with Crippen LogP contribution in [0.3, 0.4) is 0 Å². The van der Waals surface area contributed by atoms with Crippen LogP contribution in [0.5, 0.6) is 0 Å². The van der Waals surface area contributed by atoms with Gasteiger partial charge in [0.15, 0.2) is 6.10 Å². The van der Waals surface area contributed by atoms with Crippen molar-refractivity contribution in [2.75, 3.05) is 11.9 Å². The van der Waals surface area contributed by atoms with Gasteiger partial charge in [0.1, 0.15) is 5.58 Å². The molecule has 0 aliphatic rings. The lowest BCUT2D eigenvalue weighted by Gasteiger charge is -2.13. The fourth-order valence-corrected chi connectivity index (χ4v) is 2.64. The average molecular weight is 367 g/mol. The largest absolute Gasteiger partial charge is 0.449 e. The number of hydrogen-bond acceptors (Lipinski definition) is 5. The Hall–Kier alpha value is -3.12. The molecule has 27 heavy (non-hydrogen) atoms. The first-order valence-corrected chi connectivity index (χ1v) is 8.75. The molecule has 0 radical (unpaired) electrons. The second-order valence-corrected chi connectivity index (χ2v) is 5.95. The summed E-state index contributed by atoms with van der Waals surface area (Å²) in [4.78, 5) is 24.9. The van der Waals surface area contributed by atoms with E-state index in [1.54, 1.807) is 30.3 Å². The maximum absolute atomic E-state index is 12.6.